The molecule has 0 aliphatic carbocycles. The van der Waals surface area contributed by atoms with Crippen molar-refractivity contribution in [2.24, 2.45) is 0 Å². The molecule has 2 rings (SSSR count). The van der Waals surface area contributed by atoms with E-state index in [-0.39, 0.29) is 23.2 Å². The van der Waals surface area contributed by atoms with Crippen LogP contribution in [0.15, 0.2) is 35.4 Å². The van der Waals surface area contributed by atoms with E-state index in [1.807, 2.05) is 63.9 Å². The summed E-state index contributed by atoms with van der Waals surface area (Å²) in [7, 11) is 2.41. The molecule has 1 amide bonds. The molecule has 0 radical (unpaired) electrons. The van der Waals surface area contributed by atoms with E-state index < -0.39 is 23.9 Å². The van der Waals surface area contributed by atoms with Crippen LogP contribution in [-0.4, -0.2) is 54.2 Å². The average molecular weight is 388 g/mol. The van der Waals surface area contributed by atoms with Gasteiger partial charge in [0, 0.05) is 12.1 Å². The average Bonchev–Trinajstić information content (AvgIpc) is 2.93. The van der Waals surface area contributed by atoms with Crippen LogP contribution in [-0.2, 0) is 23.9 Å². The Bertz CT molecular complexity index is 788. The smallest absolute Gasteiger partial charge is 0.344 e. The van der Waals surface area contributed by atoms with Crippen molar-refractivity contribution in [2.75, 3.05) is 14.2 Å². The summed E-state index contributed by atoms with van der Waals surface area (Å²) in [5, 5.41) is 3.35. The summed E-state index contributed by atoms with van der Waals surface area (Å²) in [5.74, 6) is -2.15. The lowest BCUT2D eigenvalue weighted by Gasteiger charge is -2.42. The van der Waals surface area contributed by atoms with Gasteiger partial charge in [-0.05, 0) is 40.2 Å². The highest BCUT2D eigenvalue weighted by molar-refractivity contribution is 6.23. The summed E-state index contributed by atoms with van der Waals surface area (Å²) >= 11 is 0. The molecule has 1 heterocycles. The molecular formula is C21H28N2O5. The van der Waals surface area contributed by atoms with Gasteiger partial charge in [0.2, 0.25) is 0 Å². The van der Waals surface area contributed by atoms with Crippen LogP contribution >= 0.6 is 0 Å². The zero-order valence-electron chi connectivity index (χ0n) is 17.5. The van der Waals surface area contributed by atoms with Crippen LogP contribution in [0.5, 0.6) is 0 Å². The number of nitrogens with zero attached hydrogens (tertiary/aromatic N) is 2. The Hall–Kier alpha value is -2.67. The quantitative estimate of drug-likeness (QED) is 0.551. The van der Waals surface area contributed by atoms with Gasteiger partial charge in [0.05, 0.1) is 19.8 Å². The van der Waals surface area contributed by atoms with E-state index >= 15 is 0 Å². The highest BCUT2D eigenvalue weighted by atomic mass is 16.5. The number of hydrazine groups is 1. The second-order valence-corrected chi connectivity index (χ2v) is 7.30. The molecule has 28 heavy (non-hydrogen) atoms. The van der Waals surface area contributed by atoms with Gasteiger partial charge in [-0.1, -0.05) is 29.8 Å². The van der Waals surface area contributed by atoms with Gasteiger partial charge in [-0.15, -0.1) is 0 Å². The van der Waals surface area contributed by atoms with E-state index in [1.54, 1.807) is 0 Å². The molecule has 1 aromatic carbocycles. The summed E-state index contributed by atoms with van der Waals surface area (Å²) in [6, 6.07) is 6.63. The molecule has 0 bridgehead atoms. The largest absolute Gasteiger partial charge is 0.466 e. The van der Waals surface area contributed by atoms with E-state index in [4.69, 9.17) is 9.47 Å². The van der Waals surface area contributed by atoms with Crippen LogP contribution in [0.1, 0.15) is 44.9 Å². The third-order valence-corrected chi connectivity index (χ3v) is 4.70. The Labute approximate surface area is 165 Å². The standard InChI is InChI=1S/C21H28N2O5/c1-12(2)22(13(3)4)23-18(15-10-8-14(5)9-11-15)16(20(25)27-6)17(19(23)24)21(26)28-7/h8-13,18H,1-7H3. The zero-order valence-corrected chi connectivity index (χ0v) is 17.5. The molecule has 1 aliphatic heterocycles. The van der Waals surface area contributed by atoms with Crippen LogP contribution in [0.25, 0.3) is 0 Å². The van der Waals surface area contributed by atoms with Crippen LogP contribution in [0, 0.1) is 6.92 Å². The van der Waals surface area contributed by atoms with Crippen LogP contribution in [0.3, 0.4) is 0 Å². The summed E-state index contributed by atoms with van der Waals surface area (Å²) in [4.78, 5) is 38.5. The normalized spacial score (nSPS) is 17.1. The van der Waals surface area contributed by atoms with Gasteiger partial charge in [-0.25, -0.2) is 14.6 Å². The third kappa shape index (κ3) is 3.80. The number of hydrogen-bond donors (Lipinski definition) is 0. The molecule has 0 spiro atoms. The van der Waals surface area contributed by atoms with E-state index in [9.17, 15) is 14.4 Å². The van der Waals surface area contributed by atoms with E-state index in [2.05, 4.69) is 0 Å². The molecule has 7 heteroatoms. The predicted octanol–water partition coefficient (Wildman–Crippen LogP) is 2.55. The second kappa shape index (κ2) is 8.56. The number of aryl methyl sites for hydroxylation is 1. The molecule has 152 valence electrons. The van der Waals surface area contributed by atoms with Crippen molar-refractivity contribution < 1.29 is 23.9 Å². The minimum Gasteiger partial charge on any atom is -0.466 e. The maximum absolute atomic E-state index is 13.4. The van der Waals surface area contributed by atoms with Crippen molar-refractivity contribution >= 4 is 17.8 Å². The fourth-order valence-corrected chi connectivity index (χ4v) is 3.62. The highest BCUT2D eigenvalue weighted by Crippen LogP contribution is 2.41. The third-order valence-electron chi connectivity index (χ3n) is 4.70. The molecule has 1 atom stereocenters. The minimum absolute atomic E-state index is 0.00509. The molecular weight excluding hydrogens is 360 g/mol. The fraction of sp³-hybridized carbons (Fsp3) is 0.476. The number of esters is 2. The number of methoxy groups -OCH3 is 2. The zero-order chi connectivity index (χ0) is 21.2. The Balaban J connectivity index is 2.78. The minimum atomic E-state index is -0.850. The fourth-order valence-electron chi connectivity index (χ4n) is 3.62. The second-order valence-electron chi connectivity index (χ2n) is 7.30. The number of carbonyl (C=O) groups excluding carboxylic acids is 3. The predicted molar refractivity (Wildman–Crippen MR) is 104 cm³/mol. The van der Waals surface area contributed by atoms with Gasteiger partial charge in [0.15, 0.2) is 0 Å². The van der Waals surface area contributed by atoms with Crippen molar-refractivity contribution in [2.45, 2.75) is 52.7 Å². The summed E-state index contributed by atoms with van der Waals surface area (Å²) in [6.07, 6.45) is 0. The van der Waals surface area contributed by atoms with Crippen molar-refractivity contribution in [3.05, 3.63) is 46.5 Å². The maximum Gasteiger partial charge on any atom is 0.344 e. The molecule has 1 aliphatic rings. The molecule has 1 aromatic rings. The van der Waals surface area contributed by atoms with E-state index in [0.717, 1.165) is 5.56 Å². The summed E-state index contributed by atoms with van der Waals surface area (Å²) < 4.78 is 9.74. The molecule has 0 saturated carbocycles. The van der Waals surface area contributed by atoms with Crippen LogP contribution < -0.4 is 0 Å². The molecule has 0 aromatic heterocycles. The first-order chi connectivity index (χ1) is 13.1. The topological polar surface area (TPSA) is 76.2 Å². The Morgan fingerprint density at radius 1 is 0.964 bits per heavy atom. The van der Waals surface area contributed by atoms with Crippen molar-refractivity contribution in [1.82, 2.24) is 10.0 Å². The first-order valence-corrected chi connectivity index (χ1v) is 9.24. The summed E-state index contributed by atoms with van der Waals surface area (Å²) in [6.45, 7) is 9.76. The lowest BCUT2D eigenvalue weighted by molar-refractivity contribution is -0.158. The lowest BCUT2D eigenvalue weighted by Crippen LogP contribution is -2.53. The molecule has 0 fully saturated rings. The van der Waals surface area contributed by atoms with Gasteiger partial charge in [0.25, 0.3) is 5.91 Å². The maximum atomic E-state index is 13.4. The van der Waals surface area contributed by atoms with Gasteiger partial charge in [-0.2, -0.15) is 0 Å². The van der Waals surface area contributed by atoms with E-state index in [1.165, 1.54) is 19.2 Å². The number of amides is 1. The van der Waals surface area contributed by atoms with E-state index in [0.29, 0.717) is 5.56 Å². The molecule has 1 unspecified atom stereocenters. The monoisotopic (exact) mass is 388 g/mol. The van der Waals surface area contributed by atoms with Gasteiger partial charge >= 0.3 is 11.9 Å². The van der Waals surface area contributed by atoms with Crippen molar-refractivity contribution in [1.29, 1.82) is 0 Å². The lowest BCUT2D eigenvalue weighted by atomic mass is 9.97. The van der Waals surface area contributed by atoms with Crippen molar-refractivity contribution in [3.8, 4) is 0 Å². The Kier molecular flexibility index (Phi) is 6.61. The molecule has 0 saturated heterocycles. The Morgan fingerprint density at radius 2 is 1.46 bits per heavy atom. The highest BCUT2D eigenvalue weighted by Gasteiger charge is 2.50. The van der Waals surface area contributed by atoms with Crippen LogP contribution in [0.2, 0.25) is 0 Å². The number of benzene rings is 1. The van der Waals surface area contributed by atoms with Gasteiger partial charge in [-0.3, -0.25) is 9.80 Å². The Morgan fingerprint density at radius 3 is 1.89 bits per heavy atom. The first-order valence-electron chi connectivity index (χ1n) is 9.24. The van der Waals surface area contributed by atoms with Crippen molar-refractivity contribution in [3.63, 3.8) is 0 Å². The number of ether oxygens (including phenoxy) is 2. The molecule has 0 N–H and O–H groups in total. The van der Waals surface area contributed by atoms with Gasteiger partial charge in [0.1, 0.15) is 11.6 Å². The SMILES string of the molecule is COC(=O)C1=C(C(=O)OC)C(c2ccc(C)cc2)N(N(C(C)C)C(C)C)C1=O. The van der Waals surface area contributed by atoms with Gasteiger partial charge < -0.3 is 9.47 Å². The first kappa shape index (κ1) is 21.6. The summed E-state index contributed by atoms with van der Waals surface area (Å²) in [5.41, 5.74) is 1.46. The van der Waals surface area contributed by atoms with Crippen LogP contribution in [0.4, 0.5) is 0 Å². The number of carbonyl (C=O) groups is 3. The number of rotatable bonds is 6. The molecule has 7 nitrogen and oxygen atoms in total. The number of hydrogen-bond acceptors (Lipinski definition) is 6.